The zero-order valence-corrected chi connectivity index (χ0v) is 12.5. The van der Waals surface area contributed by atoms with Gasteiger partial charge in [-0.3, -0.25) is 4.79 Å². The summed E-state index contributed by atoms with van der Waals surface area (Å²) in [4.78, 5) is 15.8. The number of hydrogen-bond donors (Lipinski definition) is 1. The van der Waals surface area contributed by atoms with Crippen LogP contribution in [0.5, 0.6) is 0 Å². The SMILES string of the molecule is O=CNc1cc2ccccc2c2nc(C3CCCC3)sc12. The third-order valence-corrected chi connectivity index (χ3v) is 5.57. The molecule has 0 bridgehead atoms. The van der Waals surface area contributed by atoms with Crippen molar-refractivity contribution >= 4 is 44.4 Å². The number of thiazole rings is 1. The third-order valence-electron chi connectivity index (χ3n) is 4.32. The molecule has 1 heterocycles. The third kappa shape index (κ3) is 2.10. The maximum Gasteiger partial charge on any atom is 0.211 e. The molecule has 1 saturated carbocycles. The monoisotopic (exact) mass is 296 g/mol. The first-order valence-electron chi connectivity index (χ1n) is 7.39. The van der Waals surface area contributed by atoms with Gasteiger partial charge in [-0.05, 0) is 24.3 Å². The Kier molecular flexibility index (Phi) is 3.11. The highest BCUT2D eigenvalue weighted by molar-refractivity contribution is 7.19. The summed E-state index contributed by atoms with van der Waals surface area (Å²) >= 11 is 1.74. The van der Waals surface area contributed by atoms with E-state index in [1.54, 1.807) is 11.3 Å². The first kappa shape index (κ1) is 12.8. The number of benzene rings is 2. The Morgan fingerprint density at radius 1 is 1.24 bits per heavy atom. The Morgan fingerprint density at radius 2 is 2.05 bits per heavy atom. The van der Waals surface area contributed by atoms with Crippen LogP contribution in [0.3, 0.4) is 0 Å². The summed E-state index contributed by atoms with van der Waals surface area (Å²) in [6.07, 6.45) is 5.85. The average molecular weight is 296 g/mol. The van der Waals surface area contributed by atoms with E-state index in [0.29, 0.717) is 5.92 Å². The molecule has 0 unspecified atom stereocenters. The van der Waals surface area contributed by atoms with Gasteiger partial charge in [0.05, 0.1) is 20.9 Å². The summed E-state index contributed by atoms with van der Waals surface area (Å²) in [5.41, 5.74) is 1.91. The minimum atomic E-state index is 0.602. The second-order valence-electron chi connectivity index (χ2n) is 5.62. The highest BCUT2D eigenvalue weighted by Crippen LogP contribution is 2.42. The highest BCUT2D eigenvalue weighted by Gasteiger charge is 2.22. The molecule has 1 aromatic heterocycles. The first-order chi connectivity index (χ1) is 10.4. The van der Waals surface area contributed by atoms with Gasteiger partial charge in [0.15, 0.2) is 0 Å². The van der Waals surface area contributed by atoms with Crippen LogP contribution in [0.25, 0.3) is 21.0 Å². The average Bonchev–Trinajstić information content (AvgIpc) is 3.17. The number of amides is 1. The smallest absolute Gasteiger partial charge is 0.211 e. The lowest BCUT2D eigenvalue weighted by Crippen LogP contribution is -1.93. The first-order valence-corrected chi connectivity index (χ1v) is 8.21. The van der Waals surface area contributed by atoms with Crippen molar-refractivity contribution in [2.24, 2.45) is 0 Å². The van der Waals surface area contributed by atoms with Crippen LogP contribution in [0.2, 0.25) is 0 Å². The van der Waals surface area contributed by atoms with Gasteiger partial charge in [0.1, 0.15) is 0 Å². The van der Waals surface area contributed by atoms with Crippen LogP contribution in [0.4, 0.5) is 5.69 Å². The molecule has 1 fully saturated rings. The van der Waals surface area contributed by atoms with E-state index >= 15 is 0 Å². The Morgan fingerprint density at radius 3 is 2.86 bits per heavy atom. The largest absolute Gasteiger partial charge is 0.327 e. The molecule has 21 heavy (non-hydrogen) atoms. The van der Waals surface area contributed by atoms with E-state index in [4.69, 9.17) is 4.98 Å². The van der Waals surface area contributed by atoms with E-state index in [9.17, 15) is 4.79 Å². The maximum atomic E-state index is 10.9. The standard InChI is InChI=1S/C17H16N2OS/c20-10-18-14-9-12-7-3-4-8-13(12)15-16(14)21-17(19-15)11-5-1-2-6-11/h3-4,7-11H,1-2,5-6H2,(H,18,20). The molecule has 0 radical (unpaired) electrons. The molecule has 1 N–H and O–H groups in total. The number of aromatic nitrogens is 1. The van der Waals surface area contributed by atoms with Gasteiger partial charge in [0.2, 0.25) is 6.41 Å². The molecule has 3 nitrogen and oxygen atoms in total. The van der Waals surface area contributed by atoms with Crippen LogP contribution in [0.1, 0.15) is 36.6 Å². The predicted octanol–water partition coefficient (Wildman–Crippen LogP) is 4.68. The van der Waals surface area contributed by atoms with E-state index < -0.39 is 0 Å². The minimum absolute atomic E-state index is 0.602. The van der Waals surface area contributed by atoms with Gasteiger partial charge in [-0.15, -0.1) is 11.3 Å². The van der Waals surface area contributed by atoms with Gasteiger partial charge in [0.25, 0.3) is 0 Å². The fourth-order valence-electron chi connectivity index (χ4n) is 3.28. The summed E-state index contributed by atoms with van der Waals surface area (Å²) in [7, 11) is 0. The van der Waals surface area contributed by atoms with E-state index in [1.165, 1.54) is 36.1 Å². The number of anilines is 1. The fourth-order valence-corrected chi connectivity index (χ4v) is 4.51. The number of carbonyl (C=O) groups is 1. The molecule has 4 heteroatoms. The van der Waals surface area contributed by atoms with Crippen molar-refractivity contribution in [1.29, 1.82) is 0 Å². The van der Waals surface area contributed by atoms with Crippen LogP contribution in [-0.4, -0.2) is 11.4 Å². The molecule has 0 spiro atoms. The van der Waals surface area contributed by atoms with Crippen molar-refractivity contribution in [3.05, 3.63) is 35.3 Å². The topological polar surface area (TPSA) is 42.0 Å². The molecule has 2 aromatic carbocycles. The van der Waals surface area contributed by atoms with Crippen LogP contribution in [-0.2, 0) is 4.79 Å². The van der Waals surface area contributed by atoms with Gasteiger partial charge in [-0.25, -0.2) is 4.98 Å². The molecule has 3 aromatic rings. The molecule has 1 aliphatic carbocycles. The lowest BCUT2D eigenvalue weighted by molar-refractivity contribution is -0.105. The molecular formula is C17H16N2OS. The van der Waals surface area contributed by atoms with E-state index in [0.717, 1.165) is 27.7 Å². The predicted molar refractivity (Wildman–Crippen MR) is 88.0 cm³/mol. The molecule has 0 aliphatic heterocycles. The van der Waals surface area contributed by atoms with Gasteiger partial charge in [-0.1, -0.05) is 37.1 Å². The molecule has 1 aliphatic rings. The zero-order valence-electron chi connectivity index (χ0n) is 11.6. The quantitative estimate of drug-likeness (QED) is 0.713. The number of nitrogens with zero attached hydrogens (tertiary/aromatic N) is 1. The van der Waals surface area contributed by atoms with Gasteiger partial charge in [-0.2, -0.15) is 0 Å². The minimum Gasteiger partial charge on any atom is -0.327 e. The Bertz CT molecular complexity index is 818. The second kappa shape index (κ2) is 5.11. The number of carbonyl (C=O) groups excluding carboxylic acids is 1. The lowest BCUT2D eigenvalue weighted by atomic mass is 10.1. The van der Waals surface area contributed by atoms with Gasteiger partial charge < -0.3 is 5.32 Å². The molecule has 4 rings (SSSR count). The van der Waals surface area contributed by atoms with Gasteiger partial charge in [0, 0.05) is 11.3 Å². The normalized spacial score (nSPS) is 15.8. The molecule has 1 amide bonds. The maximum absolute atomic E-state index is 10.9. The van der Waals surface area contributed by atoms with Crippen molar-refractivity contribution in [1.82, 2.24) is 4.98 Å². The summed E-state index contributed by atoms with van der Waals surface area (Å²) in [6.45, 7) is 0. The van der Waals surface area contributed by atoms with Crippen molar-refractivity contribution in [3.8, 4) is 0 Å². The Balaban J connectivity index is 1.99. The van der Waals surface area contributed by atoms with Crippen molar-refractivity contribution in [3.63, 3.8) is 0 Å². The Hall–Kier alpha value is -1.94. The van der Waals surface area contributed by atoms with E-state index in [-0.39, 0.29) is 0 Å². The van der Waals surface area contributed by atoms with Crippen molar-refractivity contribution < 1.29 is 4.79 Å². The lowest BCUT2D eigenvalue weighted by Gasteiger charge is -2.04. The molecule has 0 atom stereocenters. The fraction of sp³-hybridized carbons (Fsp3) is 0.294. The van der Waals surface area contributed by atoms with Crippen molar-refractivity contribution in [2.45, 2.75) is 31.6 Å². The van der Waals surface area contributed by atoms with Crippen molar-refractivity contribution in [2.75, 3.05) is 5.32 Å². The second-order valence-corrected chi connectivity index (χ2v) is 6.65. The number of rotatable bonds is 3. The highest BCUT2D eigenvalue weighted by atomic mass is 32.1. The number of nitrogens with one attached hydrogen (secondary N) is 1. The summed E-state index contributed by atoms with van der Waals surface area (Å²) in [6, 6.07) is 10.3. The Labute approximate surface area is 127 Å². The summed E-state index contributed by atoms with van der Waals surface area (Å²) < 4.78 is 1.10. The molecular weight excluding hydrogens is 280 g/mol. The molecule has 106 valence electrons. The van der Waals surface area contributed by atoms with Crippen LogP contribution in [0, 0.1) is 0 Å². The number of hydrogen-bond acceptors (Lipinski definition) is 3. The van der Waals surface area contributed by atoms with E-state index in [1.807, 2.05) is 18.2 Å². The van der Waals surface area contributed by atoms with Gasteiger partial charge >= 0.3 is 0 Å². The molecule has 0 saturated heterocycles. The van der Waals surface area contributed by atoms with Crippen LogP contribution < -0.4 is 5.32 Å². The summed E-state index contributed by atoms with van der Waals surface area (Å²) in [5, 5.41) is 6.36. The van der Waals surface area contributed by atoms with E-state index in [2.05, 4.69) is 17.4 Å². The van der Waals surface area contributed by atoms with Crippen LogP contribution >= 0.6 is 11.3 Å². The van der Waals surface area contributed by atoms with Crippen LogP contribution in [0.15, 0.2) is 30.3 Å². The zero-order chi connectivity index (χ0) is 14.2. The number of fused-ring (bicyclic) bond motifs is 3. The summed E-state index contributed by atoms with van der Waals surface area (Å²) in [5.74, 6) is 0.602.